The minimum Gasteiger partial charge on any atom is -0.489 e. The quantitative estimate of drug-likeness (QED) is 0.493. The molecule has 0 bridgehead atoms. The summed E-state index contributed by atoms with van der Waals surface area (Å²) in [7, 11) is 0. The molecule has 0 aromatic heterocycles. The van der Waals surface area contributed by atoms with Crippen molar-refractivity contribution in [1.82, 2.24) is 0 Å². The summed E-state index contributed by atoms with van der Waals surface area (Å²) < 4.78 is 44.6. The Labute approximate surface area is 175 Å². The van der Waals surface area contributed by atoms with Crippen molar-refractivity contribution in [3.05, 3.63) is 69.8 Å². The molecule has 1 aliphatic rings. The van der Waals surface area contributed by atoms with Gasteiger partial charge in [0.25, 0.3) is 0 Å². The zero-order chi connectivity index (χ0) is 21.9. The molecule has 30 heavy (non-hydrogen) atoms. The maximum Gasteiger partial charge on any atom is 0.416 e. The van der Waals surface area contributed by atoms with E-state index in [1.807, 2.05) is 26.0 Å². The van der Waals surface area contributed by atoms with Gasteiger partial charge in [-0.05, 0) is 98.1 Å². The molecule has 160 valence electrons. The van der Waals surface area contributed by atoms with Crippen LogP contribution in [0.5, 0.6) is 5.75 Å². The number of carbonyl (C=O) groups excluding carboxylic acids is 1. The Morgan fingerprint density at radius 1 is 1.00 bits per heavy atom. The highest BCUT2D eigenvalue weighted by molar-refractivity contribution is 5.75. The molecule has 0 fully saturated rings. The van der Waals surface area contributed by atoms with E-state index in [2.05, 4.69) is 0 Å². The van der Waals surface area contributed by atoms with Crippen molar-refractivity contribution >= 4 is 11.4 Å². The normalized spacial score (nSPS) is 14.3. The van der Waals surface area contributed by atoms with E-state index in [1.165, 1.54) is 0 Å². The number of ether oxygens (including phenoxy) is 1. The van der Waals surface area contributed by atoms with Crippen molar-refractivity contribution in [2.75, 3.05) is 6.61 Å². The first-order valence-electron chi connectivity index (χ1n) is 10.3. The zero-order valence-corrected chi connectivity index (χ0v) is 17.7. The van der Waals surface area contributed by atoms with Crippen LogP contribution >= 0.6 is 0 Å². The number of Topliss-reactive ketones (excluding diaryl/α,β-unsaturated/α-hetero) is 1. The van der Waals surface area contributed by atoms with Crippen LogP contribution in [-0.2, 0) is 17.4 Å². The van der Waals surface area contributed by atoms with Crippen LogP contribution in [0, 0.1) is 13.8 Å². The van der Waals surface area contributed by atoms with Crippen molar-refractivity contribution < 1.29 is 22.7 Å². The number of allylic oxidation sites excluding steroid dienone is 1. The number of hydrogen-bond acceptors (Lipinski definition) is 2. The summed E-state index contributed by atoms with van der Waals surface area (Å²) in [6, 6.07) is 9.37. The largest absolute Gasteiger partial charge is 0.489 e. The van der Waals surface area contributed by atoms with Crippen LogP contribution in [0.4, 0.5) is 13.2 Å². The third kappa shape index (κ3) is 5.13. The van der Waals surface area contributed by atoms with Crippen molar-refractivity contribution in [1.29, 1.82) is 0 Å². The lowest BCUT2D eigenvalue weighted by molar-refractivity contribution is -0.137. The number of alkyl halides is 3. The molecular weight excluding hydrogens is 389 g/mol. The van der Waals surface area contributed by atoms with Gasteiger partial charge in [0, 0.05) is 6.42 Å². The van der Waals surface area contributed by atoms with E-state index in [4.69, 9.17) is 4.74 Å². The molecule has 2 nitrogen and oxygen atoms in total. The lowest BCUT2D eigenvalue weighted by atomic mass is 9.98. The van der Waals surface area contributed by atoms with E-state index in [0.717, 1.165) is 77.0 Å². The van der Waals surface area contributed by atoms with Crippen LogP contribution in [-0.4, -0.2) is 12.4 Å². The highest BCUT2D eigenvalue weighted by atomic mass is 19.4. The van der Waals surface area contributed by atoms with Crippen molar-refractivity contribution in [2.45, 2.75) is 59.1 Å². The second-order valence-electron chi connectivity index (χ2n) is 7.97. The van der Waals surface area contributed by atoms with Gasteiger partial charge in [0.1, 0.15) is 18.1 Å². The van der Waals surface area contributed by atoms with E-state index in [9.17, 15) is 18.0 Å². The molecular formula is C25H27F3O2. The Balaban J connectivity index is 1.74. The predicted molar refractivity (Wildman–Crippen MR) is 113 cm³/mol. The Hall–Kier alpha value is -2.56. The number of halogens is 3. The van der Waals surface area contributed by atoms with Crippen LogP contribution in [0.1, 0.15) is 60.4 Å². The maximum absolute atomic E-state index is 12.8. The van der Waals surface area contributed by atoms with Gasteiger partial charge in [-0.15, -0.1) is 0 Å². The minimum absolute atomic E-state index is 0.177. The van der Waals surface area contributed by atoms with Gasteiger partial charge in [-0.2, -0.15) is 13.2 Å². The minimum atomic E-state index is -4.32. The molecule has 0 N–H and O–H groups in total. The fourth-order valence-corrected chi connectivity index (χ4v) is 3.93. The van der Waals surface area contributed by atoms with E-state index < -0.39 is 11.7 Å². The molecule has 0 aliphatic heterocycles. The molecule has 3 rings (SSSR count). The van der Waals surface area contributed by atoms with Gasteiger partial charge >= 0.3 is 6.18 Å². The molecule has 5 heteroatoms. The standard InChI is InChI=1S/C25H27F3O2/c1-16(29)7-8-19-11-14-24(18(3)17(19)2)30-15-21-5-4-6-23(21)20-9-12-22(13-10-20)25(26,27)28/h9-14H,4-8,15H2,1-3H3. The maximum atomic E-state index is 12.8. The summed E-state index contributed by atoms with van der Waals surface area (Å²) in [5.74, 6) is 0.988. The van der Waals surface area contributed by atoms with Crippen molar-refractivity contribution in [2.24, 2.45) is 0 Å². The summed E-state index contributed by atoms with van der Waals surface area (Å²) in [5, 5.41) is 0. The first-order chi connectivity index (χ1) is 14.2. The molecule has 2 aromatic carbocycles. The second-order valence-corrected chi connectivity index (χ2v) is 7.97. The Bertz CT molecular complexity index is 954. The van der Waals surface area contributed by atoms with Gasteiger partial charge in [-0.25, -0.2) is 0 Å². The third-order valence-electron chi connectivity index (χ3n) is 5.89. The molecule has 0 unspecified atom stereocenters. The molecule has 0 saturated carbocycles. The van der Waals surface area contributed by atoms with E-state index in [0.29, 0.717) is 13.0 Å². The Kier molecular flexibility index (Phi) is 6.69. The molecule has 0 heterocycles. The summed E-state index contributed by atoms with van der Waals surface area (Å²) in [6.07, 6.45) is -0.329. The first-order valence-corrected chi connectivity index (χ1v) is 10.3. The highest BCUT2D eigenvalue weighted by Crippen LogP contribution is 2.36. The van der Waals surface area contributed by atoms with Crippen molar-refractivity contribution in [3.63, 3.8) is 0 Å². The number of benzene rings is 2. The molecule has 0 saturated heterocycles. The molecule has 2 aromatic rings. The van der Waals surface area contributed by atoms with E-state index in [-0.39, 0.29) is 5.78 Å². The van der Waals surface area contributed by atoms with Gasteiger partial charge in [0.2, 0.25) is 0 Å². The van der Waals surface area contributed by atoms with Gasteiger partial charge in [-0.3, -0.25) is 0 Å². The highest BCUT2D eigenvalue weighted by Gasteiger charge is 2.30. The molecule has 0 amide bonds. The molecule has 0 atom stereocenters. The fourth-order valence-electron chi connectivity index (χ4n) is 3.93. The van der Waals surface area contributed by atoms with Crippen LogP contribution in [0.15, 0.2) is 42.0 Å². The average Bonchev–Trinajstić information content (AvgIpc) is 3.16. The number of ketones is 1. The van der Waals surface area contributed by atoms with E-state index in [1.54, 1.807) is 19.1 Å². The fraction of sp³-hybridized carbons (Fsp3) is 0.400. The third-order valence-corrected chi connectivity index (χ3v) is 5.89. The van der Waals surface area contributed by atoms with Crippen LogP contribution in [0.3, 0.4) is 0 Å². The number of rotatable bonds is 7. The molecule has 1 aliphatic carbocycles. The number of hydrogen-bond donors (Lipinski definition) is 0. The summed E-state index contributed by atoms with van der Waals surface area (Å²) in [4.78, 5) is 11.3. The second kappa shape index (κ2) is 9.07. The SMILES string of the molecule is CC(=O)CCc1ccc(OCC2=C(c3ccc(C(F)(F)F)cc3)CCC2)c(C)c1C. The Morgan fingerprint density at radius 3 is 2.33 bits per heavy atom. The number of carbonyl (C=O) groups is 1. The Morgan fingerprint density at radius 2 is 1.70 bits per heavy atom. The number of aryl methyl sites for hydroxylation is 1. The van der Waals surface area contributed by atoms with Gasteiger partial charge in [-0.1, -0.05) is 18.2 Å². The van der Waals surface area contributed by atoms with E-state index >= 15 is 0 Å². The van der Waals surface area contributed by atoms with Crippen LogP contribution < -0.4 is 4.74 Å². The predicted octanol–water partition coefficient (Wildman–Crippen LogP) is 6.86. The smallest absolute Gasteiger partial charge is 0.416 e. The average molecular weight is 416 g/mol. The van der Waals surface area contributed by atoms with Crippen LogP contribution in [0.2, 0.25) is 0 Å². The van der Waals surface area contributed by atoms with Gasteiger partial charge < -0.3 is 9.53 Å². The lowest BCUT2D eigenvalue weighted by Gasteiger charge is -2.16. The van der Waals surface area contributed by atoms with Crippen molar-refractivity contribution in [3.8, 4) is 5.75 Å². The molecule has 0 spiro atoms. The van der Waals surface area contributed by atoms with Gasteiger partial charge in [0.05, 0.1) is 5.56 Å². The molecule has 0 radical (unpaired) electrons. The zero-order valence-electron chi connectivity index (χ0n) is 17.7. The topological polar surface area (TPSA) is 26.3 Å². The summed E-state index contributed by atoms with van der Waals surface area (Å²) in [5.41, 5.74) is 5.80. The summed E-state index contributed by atoms with van der Waals surface area (Å²) >= 11 is 0. The first kappa shape index (κ1) is 22.1. The monoisotopic (exact) mass is 416 g/mol. The lowest BCUT2D eigenvalue weighted by Crippen LogP contribution is -2.06. The van der Waals surface area contributed by atoms with Crippen LogP contribution in [0.25, 0.3) is 5.57 Å². The summed E-state index contributed by atoms with van der Waals surface area (Å²) in [6.45, 7) is 6.09. The van der Waals surface area contributed by atoms with Gasteiger partial charge in [0.15, 0.2) is 0 Å².